The van der Waals surface area contributed by atoms with Crippen molar-refractivity contribution < 1.29 is 14.0 Å². The average molecular weight is 263 g/mol. The molecule has 1 aromatic heterocycles. The van der Waals surface area contributed by atoms with Crippen LogP contribution in [0.3, 0.4) is 0 Å². The Bertz CT molecular complexity index is 478. The maximum atomic E-state index is 5.22. The molecule has 0 unspecified atom stereocenters. The second-order valence-corrected chi connectivity index (χ2v) is 4.00. The molecular formula is C13H17N3O3. The minimum absolute atomic E-state index is 0.704. The number of rotatable bonds is 7. The van der Waals surface area contributed by atoms with E-state index in [2.05, 4.69) is 20.0 Å². The Morgan fingerprint density at radius 1 is 1.16 bits per heavy atom. The van der Waals surface area contributed by atoms with Crippen molar-refractivity contribution in [2.24, 2.45) is 0 Å². The van der Waals surface area contributed by atoms with Gasteiger partial charge in [-0.05, 0) is 17.7 Å². The van der Waals surface area contributed by atoms with Crippen molar-refractivity contribution in [3.05, 3.63) is 36.0 Å². The van der Waals surface area contributed by atoms with Crippen LogP contribution in [0, 0.1) is 0 Å². The van der Waals surface area contributed by atoms with E-state index in [4.69, 9.17) is 9.47 Å². The number of nitrogens with one attached hydrogen (secondary N) is 1. The lowest BCUT2D eigenvalue weighted by molar-refractivity contribution is 0.393. The molecule has 0 bridgehead atoms. The van der Waals surface area contributed by atoms with Gasteiger partial charge in [0.25, 0.3) is 0 Å². The van der Waals surface area contributed by atoms with E-state index < -0.39 is 0 Å². The summed E-state index contributed by atoms with van der Waals surface area (Å²) in [7, 11) is 3.28. The molecule has 0 fully saturated rings. The van der Waals surface area contributed by atoms with E-state index in [0.717, 1.165) is 36.6 Å². The Morgan fingerprint density at radius 2 is 1.89 bits per heavy atom. The molecule has 1 heterocycles. The highest BCUT2D eigenvalue weighted by atomic mass is 16.5. The molecule has 6 nitrogen and oxygen atoms in total. The molecule has 19 heavy (non-hydrogen) atoms. The van der Waals surface area contributed by atoms with Crippen LogP contribution in [0.2, 0.25) is 0 Å². The van der Waals surface area contributed by atoms with Gasteiger partial charge in [-0.25, -0.2) is 0 Å². The van der Waals surface area contributed by atoms with Crippen molar-refractivity contribution in [2.75, 3.05) is 20.8 Å². The van der Waals surface area contributed by atoms with Crippen LogP contribution >= 0.6 is 0 Å². The Hall–Kier alpha value is -2.08. The number of ether oxygens (including phenoxy) is 2. The van der Waals surface area contributed by atoms with E-state index in [-0.39, 0.29) is 0 Å². The van der Waals surface area contributed by atoms with Crippen LogP contribution in [0.1, 0.15) is 11.4 Å². The third-order valence-electron chi connectivity index (χ3n) is 2.67. The van der Waals surface area contributed by atoms with Crippen LogP contribution in [-0.2, 0) is 13.0 Å². The highest BCUT2D eigenvalue weighted by Crippen LogP contribution is 2.22. The second kappa shape index (κ2) is 6.75. The van der Waals surface area contributed by atoms with Gasteiger partial charge in [-0.3, -0.25) is 0 Å². The third kappa shape index (κ3) is 3.96. The summed E-state index contributed by atoms with van der Waals surface area (Å²) in [6.45, 7) is 1.50. The van der Waals surface area contributed by atoms with Crippen molar-refractivity contribution in [1.29, 1.82) is 0 Å². The van der Waals surface area contributed by atoms with Gasteiger partial charge in [0.05, 0.1) is 14.2 Å². The predicted molar refractivity (Wildman–Crippen MR) is 69.3 cm³/mol. The van der Waals surface area contributed by atoms with Crippen molar-refractivity contribution >= 4 is 0 Å². The van der Waals surface area contributed by atoms with Gasteiger partial charge in [0.2, 0.25) is 6.39 Å². The van der Waals surface area contributed by atoms with Gasteiger partial charge < -0.3 is 19.3 Å². The first-order chi connectivity index (χ1) is 9.31. The first kappa shape index (κ1) is 13.4. The highest BCUT2D eigenvalue weighted by Gasteiger charge is 2.02. The lowest BCUT2D eigenvalue weighted by Crippen LogP contribution is -2.17. The maximum absolute atomic E-state index is 5.22. The van der Waals surface area contributed by atoms with Crippen LogP contribution in [0.25, 0.3) is 0 Å². The lowest BCUT2D eigenvalue weighted by Gasteiger charge is -2.09. The van der Waals surface area contributed by atoms with Crippen LogP contribution < -0.4 is 14.8 Å². The standard InChI is InChI=1S/C13H17N3O3/c1-17-11-5-10(6-12(7-11)18-2)8-14-4-3-13-15-9-19-16-13/h5-7,9,14H,3-4,8H2,1-2H3. The molecule has 0 aliphatic carbocycles. The fourth-order valence-electron chi connectivity index (χ4n) is 1.70. The Balaban J connectivity index is 1.84. The summed E-state index contributed by atoms with van der Waals surface area (Å²) in [6.07, 6.45) is 2.07. The van der Waals surface area contributed by atoms with Crippen LogP contribution in [-0.4, -0.2) is 30.9 Å². The molecule has 6 heteroatoms. The van der Waals surface area contributed by atoms with Crippen LogP contribution in [0.5, 0.6) is 11.5 Å². The zero-order chi connectivity index (χ0) is 13.5. The summed E-state index contributed by atoms with van der Waals surface area (Å²) in [5, 5.41) is 7.06. The van der Waals surface area contributed by atoms with Gasteiger partial charge in [0, 0.05) is 25.6 Å². The second-order valence-electron chi connectivity index (χ2n) is 4.00. The zero-order valence-electron chi connectivity index (χ0n) is 11.0. The largest absolute Gasteiger partial charge is 0.497 e. The topological polar surface area (TPSA) is 69.4 Å². The quantitative estimate of drug-likeness (QED) is 0.762. The number of methoxy groups -OCH3 is 2. The summed E-state index contributed by atoms with van der Waals surface area (Å²) >= 11 is 0. The summed E-state index contributed by atoms with van der Waals surface area (Å²) in [6, 6.07) is 5.80. The molecule has 0 atom stereocenters. The molecule has 0 aliphatic heterocycles. The number of aromatic nitrogens is 2. The Labute approximate surface area is 111 Å². The van der Waals surface area contributed by atoms with E-state index >= 15 is 0 Å². The Morgan fingerprint density at radius 3 is 2.47 bits per heavy atom. The number of hydrogen-bond donors (Lipinski definition) is 1. The van der Waals surface area contributed by atoms with E-state index in [1.807, 2.05) is 18.2 Å². The van der Waals surface area contributed by atoms with Crippen molar-refractivity contribution in [2.45, 2.75) is 13.0 Å². The SMILES string of the molecule is COc1cc(CNCCc2ncon2)cc(OC)c1. The zero-order valence-corrected chi connectivity index (χ0v) is 11.0. The number of nitrogens with zero attached hydrogens (tertiary/aromatic N) is 2. The fraction of sp³-hybridized carbons (Fsp3) is 0.385. The molecule has 0 amide bonds. The van der Waals surface area contributed by atoms with Gasteiger partial charge in [-0.15, -0.1) is 0 Å². The van der Waals surface area contributed by atoms with E-state index in [1.54, 1.807) is 14.2 Å². The van der Waals surface area contributed by atoms with Crippen LogP contribution in [0.4, 0.5) is 0 Å². The maximum Gasteiger partial charge on any atom is 0.213 e. The molecule has 0 spiro atoms. The minimum atomic E-state index is 0.704. The first-order valence-corrected chi connectivity index (χ1v) is 5.99. The molecule has 0 saturated heterocycles. The minimum Gasteiger partial charge on any atom is -0.497 e. The van der Waals surface area contributed by atoms with Crippen molar-refractivity contribution in [3.63, 3.8) is 0 Å². The smallest absolute Gasteiger partial charge is 0.213 e. The van der Waals surface area contributed by atoms with Gasteiger partial charge >= 0.3 is 0 Å². The first-order valence-electron chi connectivity index (χ1n) is 5.99. The fourth-order valence-corrected chi connectivity index (χ4v) is 1.70. The molecule has 102 valence electrons. The molecule has 0 radical (unpaired) electrons. The van der Waals surface area contributed by atoms with Crippen molar-refractivity contribution in [1.82, 2.24) is 15.5 Å². The van der Waals surface area contributed by atoms with Crippen molar-refractivity contribution in [3.8, 4) is 11.5 Å². The number of benzene rings is 1. The monoisotopic (exact) mass is 263 g/mol. The molecule has 2 aromatic rings. The van der Waals surface area contributed by atoms with Gasteiger partial charge in [0.15, 0.2) is 5.82 Å². The molecule has 0 aliphatic rings. The average Bonchev–Trinajstić information content (AvgIpc) is 2.96. The van der Waals surface area contributed by atoms with Gasteiger partial charge in [0.1, 0.15) is 11.5 Å². The number of hydrogen-bond acceptors (Lipinski definition) is 6. The Kier molecular flexibility index (Phi) is 4.74. The molecule has 1 N–H and O–H groups in total. The summed E-state index contributed by atoms with van der Waals surface area (Å²) < 4.78 is 15.1. The summed E-state index contributed by atoms with van der Waals surface area (Å²) in [5.41, 5.74) is 1.10. The van der Waals surface area contributed by atoms with Gasteiger partial charge in [-0.2, -0.15) is 4.98 Å². The van der Waals surface area contributed by atoms with E-state index in [0.29, 0.717) is 5.82 Å². The summed E-state index contributed by atoms with van der Waals surface area (Å²) in [5.74, 6) is 2.28. The molecule has 0 saturated carbocycles. The van der Waals surface area contributed by atoms with E-state index in [1.165, 1.54) is 6.39 Å². The molecule has 1 aromatic carbocycles. The predicted octanol–water partition coefficient (Wildman–Crippen LogP) is 1.42. The normalized spacial score (nSPS) is 10.4. The third-order valence-corrected chi connectivity index (χ3v) is 2.67. The van der Waals surface area contributed by atoms with Crippen LogP contribution in [0.15, 0.2) is 29.1 Å². The van der Waals surface area contributed by atoms with Gasteiger partial charge in [-0.1, -0.05) is 5.16 Å². The summed E-state index contributed by atoms with van der Waals surface area (Å²) in [4.78, 5) is 3.96. The highest BCUT2D eigenvalue weighted by molar-refractivity contribution is 5.38. The molecule has 2 rings (SSSR count). The van der Waals surface area contributed by atoms with E-state index in [9.17, 15) is 0 Å². The molecular weight excluding hydrogens is 246 g/mol. The lowest BCUT2D eigenvalue weighted by atomic mass is 10.2.